The van der Waals surface area contributed by atoms with Gasteiger partial charge in [0.25, 0.3) is 0 Å². The molecule has 170 valence electrons. The molecule has 2 aromatic carbocycles. The fraction of sp³-hybridized carbons (Fsp3) is 0.292. The first kappa shape index (κ1) is 24.4. The van der Waals surface area contributed by atoms with Gasteiger partial charge >= 0.3 is 0 Å². The Balaban J connectivity index is 1.66. The van der Waals surface area contributed by atoms with Crippen LogP contribution in [0.5, 0.6) is 0 Å². The Kier molecular flexibility index (Phi) is 8.78. The molecule has 6 nitrogen and oxygen atoms in total. The summed E-state index contributed by atoms with van der Waals surface area (Å²) in [5.74, 6) is 0. The summed E-state index contributed by atoms with van der Waals surface area (Å²) in [6.45, 7) is 2.63. The lowest BCUT2D eigenvalue weighted by Crippen LogP contribution is -2.40. The maximum Gasteiger partial charge on any atom is 0.243 e. The number of likely N-dealkylation sites (N-methyl/N-ethyl adjacent to an activating group) is 1. The fourth-order valence-electron chi connectivity index (χ4n) is 3.28. The molecule has 0 radical (unpaired) electrons. The third-order valence-electron chi connectivity index (χ3n) is 5.04. The van der Waals surface area contributed by atoms with E-state index in [2.05, 4.69) is 10.3 Å². The summed E-state index contributed by atoms with van der Waals surface area (Å²) < 4.78 is 28.6. The van der Waals surface area contributed by atoms with Crippen molar-refractivity contribution in [3.63, 3.8) is 0 Å². The molecule has 0 aliphatic heterocycles. The minimum atomic E-state index is -3.65. The summed E-state index contributed by atoms with van der Waals surface area (Å²) >= 11 is 5.91. The molecule has 32 heavy (non-hydrogen) atoms. The standard InChI is InChI=1S/C24H29ClN4O2S/c1-28(2)17-18-29(16-15-26-13-4-5-20-8-10-22(25)11-9-20)32(30,31)24-7-3-6-21-19-27-14-12-23(21)24/h3-12,14,19,26H,13,15-18H2,1-2H3. The Morgan fingerprint density at radius 1 is 1.03 bits per heavy atom. The highest BCUT2D eigenvalue weighted by molar-refractivity contribution is 7.89. The third kappa shape index (κ3) is 6.60. The van der Waals surface area contributed by atoms with Crippen molar-refractivity contribution in [2.45, 2.75) is 4.90 Å². The van der Waals surface area contributed by atoms with Crippen molar-refractivity contribution in [2.24, 2.45) is 0 Å². The van der Waals surface area contributed by atoms with Crippen molar-refractivity contribution in [3.8, 4) is 0 Å². The van der Waals surface area contributed by atoms with E-state index in [4.69, 9.17) is 11.6 Å². The molecule has 3 rings (SSSR count). The van der Waals surface area contributed by atoms with Crippen LogP contribution < -0.4 is 5.32 Å². The number of pyridine rings is 1. The van der Waals surface area contributed by atoms with Crippen LogP contribution in [0.25, 0.3) is 16.8 Å². The smallest absolute Gasteiger partial charge is 0.243 e. The minimum Gasteiger partial charge on any atom is -0.312 e. The zero-order valence-corrected chi connectivity index (χ0v) is 20.0. The fourth-order valence-corrected chi connectivity index (χ4v) is 5.05. The van der Waals surface area contributed by atoms with E-state index < -0.39 is 10.0 Å². The Morgan fingerprint density at radius 2 is 1.81 bits per heavy atom. The van der Waals surface area contributed by atoms with E-state index >= 15 is 0 Å². The largest absolute Gasteiger partial charge is 0.312 e. The molecule has 0 spiro atoms. The number of rotatable bonds is 11. The second kappa shape index (κ2) is 11.5. The molecule has 1 aromatic heterocycles. The van der Waals surface area contributed by atoms with E-state index in [-0.39, 0.29) is 0 Å². The van der Waals surface area contributed by atoms with Crippen molar-refractivity contribution in [1.29, 1.82) is 0 Å². The van der Waals surface area contributed by atoms with Crippen LogP contribution in [0.2, 0.25) is 5.02 Å². The van der Waals surface area contributed by atoms with Gasteiger partial charge in [0.1, 0.15) is 0 Å². The second-order valence-electron chi connectivity index (χ2n) is 7.72. The highest BCUT2D eigenvalue weighted by atomic mass is 35.5. The van der Waals surface area contributed by atoms with Crippen LogP contribution in [0.4, 0.5) is 0 Å². The summed E-state index contributed by atoms with van der Waals surface area (Å²) in [6.07, 6.45) is 7.33. The summed E-state index contributed by atoms with van der Waals surface area (Å²) in [5.41, 5.74) is 1.07. The first-order valence-electron chi connectivity index (χ1n) is 10.5. The number of hydrogen-bond acceptors (Lipinski definition) is 5. The van der Waals surface area contributed by atoms with Crippen molar-refractivity contribution >= 4 is 38.5 Å². The van der Waals surface area contributed by atoms with Crippen molar-refractivity contribution < 1.29 is 8.42 Å². The van der Waals surface area contributed by atoms with Gasteiger partial charge in [-0.25, -0.2) is 8.42 Å². The molecule has 0 amide bonds. The lowest BCUT2D eigenvalue weighted by atomic mass is 10.2. The minimum absolute atomic E-state index is 0.318. The van der Waals surface area contributed by atoms with Crippen molar-refractivity contribution in [1.82, 2.24) is 19.5 Å². The molecule has 0 atom stereocenters. The van der Waals surface area contributed by atoms with Crippen LogP contribution in [0.3, 0.4) is 0 Å². The predicted octanol–water partition coefficient (Wildman–Crippen LogP) is 3.74. The third-order valence-corrected chi connectivity index (χ3v) is 7.24. The summed E-state index contributed by atoms with van der Waals surface area (Å²) in [7, 11) is 0.223. The Bertz CT molecular complexity index is 1140. The highest BCUT2D eigenvalue weighted by Crippen LogP contribution is 2.25. The van der Waals surface area contributed by atoms with Crippen LogP contribution in [-0.2, 0) is 10.0 Å². The first-order chi connectivity index (χ1) is 15.4. The molecule has 3 aromatic rings. The van der Waals surface area contributed by atoms with E-state index in [1.165, 1.54) is 0 Å². The number of aromatic nitrogens is 1. The molecule has 0 aliphatic carbocycles. The van der Waals surface area contributed by atoms with Gasteiger partial charge in [-0.3, -0.25) is 4.98 Å². The second-order valence-corrected chi connectivity index (χ2v) is 10.1. The predicted molar refractivity (Wildman–Crippen MR) is 132 cm³/mol. The molecule has 0 fully saturated rings. The maximum absolute atomic E-state index is 13.5. The molecule has 1 N–H and O–H groups in total. The van der Waals surface area contributed by atoms with E-state index in [1.807, 2.05) is 61.5 Å². The molecule has 0 bridgehead atoms. The average molecular weight is 473 g/mol. The van der Waals surface area contributed by atoms with Gasteiger partial charge in [0.2, 0.25) is 10.0 Å². The van der Waals surface area contributed by atoms with Crippen LogP contribution in [0.1, 0.15) is 5.56 Å². The number of sulfonamides is 1. The topological polar surface area (TPSA) is 65.5 Å². The summed E-state index contributed by atoms with van der Waals surface area (Å²) in [6, 6.07) is 14.7. The molecular weight excluding hydrogens is 444 g/mol. The molecule has 0 unspecified atom stereocenters. The number of halogens is 1. The van der Waals surface area contributed by atoms with Gasteiger partial charge in [-0.2, -0.15) is 4.31 Å². The van der Waals surface area contributed by atoms with Gasteiger partial charge in [0.05, 0.1) is 4.90 Å². The molecule has 1 heterocycles. The Hall–Kier alpha value is -2.29. The molecule has 0 saturated heterocycles. The Labute approximate surface area is 195 Å². The van der Waals surface area contributed by atoms with E-state index in [9.17, 15) is 8.42 Å². The van der Waals surface area contributed by atoms with Crippen LogP contribution in [0, 0.1) is 0 Å². The molecular formula is C24H29ClN4O2S. The lowest BCUT2D eigenvalue weighted by Gasteiger charge is -2.24. The number of fused-ring (bicyclic) bond motifs is 1. The zero-order chi connectivity index (χ0) is 23.0. The van der Waals surface area contributed by atoms with E-state index in [1.54, 1.807) is 34.9 Å². The van der Waals surface area contributed by atoms with Crippen LogP contribution in [-0.4, -0.2) is 69.4 Å². The van der Waals surface area contributed by atoms with Crippen LogP contribution >= 0.6 is 11.6 Å². The first-order valence-corrected chi connectivity index (χ1v) is 12.3. The maximum atomic E-state index is 13.5. The van der Waals surface area contributed by atoms with Crippen molar-refractivity contribution in [3.05, 3.63) is 77.6 Å². The number of nitrogens with zero attached hydrogens (tertiary/aromatic N) is 3. The highest BCUT2D eigenvalue weighted by Gasteiger charge is 2.25. The van der Waals surface area contributed by atoms with E-state index in [0.717, 1.165) is 10.9 Å². The molecule has 0 saturated carbocycles. The SMILES string of the molecule is CN(C)CCN(CCNCC=Cc1ccc(Cl)cc1)S(=O)(=O)c1cccc2cnccc12. The molecule has 8 heteroatoms. The number of hydrogen-bond donors (Lipinski definition) is 1. The zero-order valence-electron chi connectivity index (χ0n) is 18.4. The van der Waals surface area contributed by atoms with Gasteiger partial charge in [-0.15, -0.1) is 0 Å². The lowest BCUT2D eigenvalue weighted by molar-refractivity contribution is 0.332. The monoisotopic (exact) mass is 472 g/mol. The quantitative estimate of drug-likeness (QED) is 0.430. The normalized spacial score (nSPS) is 12.4. The van der Waals surface area contributed by atoms with Gasteiger partial charge in [0, 0.05) is 60.9 Å². The van der Waals surface area contributed by atoms with Gasteiger partial charge < -0.3 is 10.2 Å². The number of benzene rings is 2. The summed E-state index contributed by atoms with van der Waals surface area (Å²) in [5, 5.41) is 5.52. The molecule has 0 aliphatic rings. The van der Waals surface area contributed by atoms with Gasteiger partial charge in [-0.05, 0) is 43.9 Å². The number of nitrogens with one attached hydrogen (secondary N) is 1. The summed E-state index contributed by atoms with van der Waals surface area (Å²) in [4.78, 5) is 6.41. The van der Waals surface area contributed by atoms with Crippen molar-refractivity contribution in [2.75, 3.05) is 46.8 Å². The van der Waals surface area contributed by atoms with Gasteiger partial charge in [-0.1, -0.05) is 48.0 Å². The average Bonchev–Trinajstić information content (AvgIpc) is 2.78. The Morgan fingerprint density at radius 3 is 2.56 bits per heavy atom. The van der Waals surface area contributed by atoms with E-state index in [0.29, 0.717) is 48.0 Å². The van der Waals surface area contributed by atoms with Crippen LogP contribution in [0.15, 0.2) is 71.9 Å². The van der Waals surface area contributed by atoms with Gasteiger partial charge in [0.15, 0.2) is 0 Å².